The lowest BCUT2D eigenvalue weighted by Crippen LogP contribution is -2.10. The van der Waals surface area contributed by atoms with Crippen LogP contribution in [0.15, 0.2) is 55.0 Å². The van der Waals surface area contributed by atoms with Crippen LogP contribution in [-0.2, 0) is 13.1 Å². The van der Waals surface area contributed by atoms with Crippen molar-refractivity contribution in [3.05, 3.63) is 82.1 Å². The molecule has 3 aromatic rings. The molecule has 0 aliphatic rings. The van der Waals surface area contributed by atoms with Gasteiger partial charge in [-0.15, -0.1) is 0 Å². The van der Waals surface area contributed by atoms with Crippen LogP contribution in [0.1, 0.15) is 17.0 Å². The van der Waals surface area contributed by atoms with Gasteiger partial charge in [-0.05, 0) is 18.1 Å². The van der Waals surface area contributed by atoms with Gasteiger partial charge in [0.2, 0.25) is 0 Å². The molecule has 1 aromatic carbocycles. The second kappa shape index (κ2) is 6.91. The fraction of sp³-hybridized carbons (Fsp3) is 0.176. The maximum absolute atomic E-state index is 10.8. The SMILES string of the molecule is Cc1cc([N+](=O)[O-])cnc1NCc1nccn1Cc1ccccc1. The number of hydrogen-bond acceptors (Lipinski definition) is 5. The van der Waals surface area contributed by atoms with Crippen LogP contribution in [0, 0.1) is 17.0 Å². The number of aryl methyl sites for hydroxylation is 1. The van der Waals surface area contributed by atoms with E-state index in [9.17, 15) is 10.1 Å². The summed E-state index contributed by atoms with van der Waals surface area (Å²) in [6.07, 6.45) is 4.95. The maximum atomic E-state index is 10.8. The number of nitrogens with zero attached hydrogens (tertiary/aromatic N) is 4. The minimum atomic E-state index is -0.448. The molecule has 0 radical (unpaired) electrons. The first-order valence-electron chi connectivity index (χ1n) is 7.52. The highest BCUT2D eigenvalue weighted by Gasteiger charge is 2.10. The Labute approximate surface area is 139 Å². The zero-order chi connectivity index (χ0) is 16.9. The zero-order valence-electron chi connectivity index (χ0n) is 13.2. The van der Waals surface area contributed by atoms with Crippen molar-refractivity contribution in [3.8, 4) is 0 Å². The normalized spacial score (nSPS) is 10.5. The van der Waals surface area contributed by atoms with Gasteiger partial charge in [-0.3, -0.25) is 10.1 Å². The average molecular weight is 323 g/mol. The summed E-state index contributed by atoms with van der Waals surface area (Å²) in [7, 11) is 0. The number of aromatic nitrogens is 3. The molecule has 0 atom stereocenters. The quantitative estimate of drug-likeness (QED) is 0.556. The molecule has 0 saturated carbocycles. The van der Waals surface area contributed by atoms with Gasteiger partial charge in [0.1, 0.15) is 17.8 Å². The number of hydrogen-bond donors (Lipinski definition) is 1. The molecular weight excluding hydrogens is 306 g/mol. The minimum absolute atomic E-state index is 0.0105. The number of benzene rings is 1. The second-order valence-corrected chi connectivity index (χ2v) is 5.43. The Bertz CT molecular complexity index is 845. The van der Waals surface area contributed by atoms with E-state index in [1.54, 1.807) is 13.1 Å². The van der Waals surface area contributed by atoms with Crippen LogP contribution in [0.4, 0.5) is 11.5 Å². The highest BCUT2D eigenvalue weighted by atomic mass is 16.6. The van der Waals surface area contributed by atoms with Gasteiger partial charge in [-0.1, -0.05) is 30.3 Å². The lowest BCUT2D eigenvalue weighted by atomic mass is 10.2. The number of imidazole rings is 1. The van der Waals surface area contributed by atoms with E-state index in [4.69, 9.17) is 0 Å². The Kier molecular flexibility index (Phi) is 4.51. The summed E-state index contributed by atoms with van der Waals surface area (Å²) >= 11 is 0. The number of nitro groups is 1. The van der Waals surface area contributed by atoms with Crippen LogP contribution in [0.5, 0.6) is 0 Å². The summed E-state index contributed by atoms with van der Waals surface area (Å²) in [5.74, 6) is 1.49. The van der Waals surface area contributed by atoms with E-state index in [0.717, 1.165) is 17.9 Å². The molecule has 0 bridgehead atoms. The molecule has 0 spiro atoms. The van der Waals surface area contributed by atoms with Crippen LogP contribution in [0.3, 0.4) is 0 Å². The molecule has 0 saturated heterocycles. The molecule has 7 nitrogen and oxygen atoms in total. The molecule has 0 fully saturated rings. The van der Waals surface area contributed by atoms with Crippen molar-refractivity contribution in [2.24, 2.45) is 0 Å². The summed E-state index contributed by atoms with van der Waals surface area (Å²) in [6.45, 7) is 3.02. The van der Waals surface area contributed by atoms with Crippen molar-refractivity contribution in [2.45, 2.75) is 20.0 Å². The first-order chi connectivity index (χ1) is 11.6. The Hall–Kier alpha value is -3.22. The topological polar surface area (TPSA) is 85.9 Å². The predicted octanol–water partition coefficient (Wildman–Crippen LogP) is 3.16. The van der Waals surface area contributed by atoms with Crippen molar-refractivity contribution < 1.29 is 4.92 Å². The smallest absolute Gasteiger partial charge is 0.287 e. The van der Waals surface area contributed by atoms with Gasteiger partial charge >= 0.3 is 0 Å². The van der Waals surface area contributed by atoms with Gasteiger partial charge in [0.25, 0.3) is 5.69 Å². The Morgan fingerprint density at radius 1 is 1.25 bits per heavy atom. The van der Waals surface area contributed by atoms with Crippen molar-refractivity contribution >= 4 is 11.5 Å². The Balaban J connectivity index is 1.70. The van der Waals surface area contributed by atoms with Crippen molar-refractivity contribution in [2.75, 3.05) is 5.32 Å². The first kappa shape index (κ1) is 15.7. The standard InChI is InChI=1S/C17H17N5O2/c1-13-9-15(22(23)24)10-19-17(13)20-11-16-18-7-8-21(16)12-14-5-3-2-4-6-14/h2-10H,11-12H2,1H3,(H,19,20). The van der Waals surface area contributed by atoms with E-state index < -0.39 is 4.92 Å². The van der Waals surface area contributed by atoms with Crippen LogP contribution in [-0.4, -0.2) is 19.5 Å². The molecule has 7 heteroatoms. The Morgan fingerprint density at radius 3 is 2.75 bits per heavy atom. The summed E-state index contributed by atoms with van der Waals surface area (Å²) in [6, 6.07) is 11.6. The summed E-state index contributed by atoms with van der Waals surface area (Å²) < 4.78 is 2.06. The molecule has 0 aliphatic heterocycles. The highest BCUT2D eigenvalue weighted by Crippen LogP contribution is 2.18. The van der Waals surface area contributed by atoms with Crippen LogP contribution in [0.25, 0.3) is 0 Å². The van der Waals surface area contributed by atoms with Gasteiger partial charge in [0, 0.05) is 25.0 Å². The largest absolute Gasteiger partial charge is 0.363 e. The van der Waals surface area contributed by atoms with Gasteiger partial charge < -0.3 is 9.88 Å². The van der Waals surface area contributed by atoms with Gasteiger partial charge in [-0.2, -0.15) is 0 Å². The lowest BCUT2D eigenvalue weighted by molar-refractivity contribution is -0.385. The van der Waals surface area contributed by atoms with Crippen molar-refractivity contribution in [1.82, 2.24) is 14.5 Å². The number of rotatable bonds is 6. The van der Waals surface area contributed by atoms with Crippen LogP contribution < -0.4 is 5.32 Å². The molecule has 24 heavy (non-hydrogen) atoms. The molecular formula is C17H17N5O2. The van der Waals surface area contributed by atoms with E-state index in [0.29, 0.717) is 12.4 Å². The molecule has 0 unspecified atom stereocenters. The van der Waals surface area contributed by atoms with Crippen molar-refractivity contribution in [3.63, 3.8) is 0 Å². The monoisotopic (exact) mass is 323 g/mol. The van der Waals surface area contributed by atoms with E-state index in [-0.39, 0.29) is 5.69 Å². The predicted molar refractivity (Wildman–Crippen MR) is 90.7 cm³/mol. The lowest BCUT2D eigenvalue weighted by Gasteiger charge is -2.11. The van der Waals surface area contributed by atoms with Crippen LogP contribution in [0.2, 0.25) is 0 Å². The number of anilines is 1. The average Bonchev–Trinajstić information content (AvgIpc) is 3.01. The fourth-order valence-corrected chi connectivity index (χ4v) is 2.44. The third-order valence-electron chi connectivity index (χ3n) is 3.69. The number of pyridine rings is 1. The van der Waals surface area contributed by atoms with E-state index >= 15 is 0 Å². The second-order valence-electron chi connectivity index (χ2n) is 5.43. The minimum Gasteiger partial charge on any atom is -0.363 e. The number of nitrogens with one attached hydrogen (secondary N) is 1. The third-order valence-corrected chi connectivity index (χ3v) is 3.69. The van der Waals surface area contributed by atoms with Gasteiger partial charge in [-0.25, -0.2) is 9.97 Å². The van der Waals surface area contributed by atoms with Crippen molar-refractivity contribution in [1.29, 1.82) is 0 Å². The van der Waals surface area contributed by atoms with E-state index in [1.165, 1.54) is 17.8 Å². The Morgan fingerprint density at radius 2 is 2.04 bits per heavy atom. The summed E-state index contributed by atoms with van der Waals surface area (Å²) in [5.41, 5.74) is 1.91. The third kappa shape index (κ3) is 3.57. The molecule has 3 rings (SSSR count). The molecule has 122 valence electrons. The summed E-state index contributed by atoms with van der Waals surface area (Å²) in [5, 5.41) is 13.9. The van der Waals surface area contributed by atoms with Gasteiger partial charge in [0.05, 0.1) is 11.5 Å². The first-order valence-corrected chi connectivity index (χ1v) is 7.52. The molecule has 0 amide bonds. The van der Waals surface area contributed by atoms with Gasteiger partial charge in [0.15, 0.2) is 0 Å². The van der Waals surface area contributed by atoms with E-state index in [2.05, 4.69) is 32.0 Å². The molecule has 2 aromatic heterocycles. The summed E-state index contributed by atoms with van der Waals surface area (Å²) in [4.78, 5) is 18.8. The van der Waals surface area contributed by atoms with Crippen LogP contribution >= 0.6 is 0 Å². The maximum Gasteiger partial charge on any atom is 0.287 e. The zero-order valence-corrected chi connectivity index (χ0v) is 13.2. The molecule has 2 heterocycles. The molecule has 1 N–H and O–H groups in total. The fourth-order valence-electron chi connectivity index (χ4n) is 2.44. The highest BCUT2D eigenvalue weighted by molar-refractivity contribution is 5.48. The molecule has 0 aliphatic carbocycles. The van der Waals surface area contributed by atoms with E-state index in [1.807, 2.05) is 24.4 Å².